The molecule has 2 aromatic carbocycles. The van der Waals surface area contributed by atoms with Gasteiger partial charge in [0.1, 0.15) is 11.5 Å². The summed E-state index contributed by atoms with van der Waals surface area (Å²) in [5, 5.41) is 4.17. The van der Waals surface area contributed by atoms with Gasteiger partial charge in [-0.2, -0.15) is 4.31 Å². The monoisotopic (exact) mass is 444 g/mol. The molecule has 0 unspecified atom stereocenters. The lowest BCUT2D eigenvalue weighted by atomic mass is 9.97. The van der Waals surface area contributed by atoms with E-state index in [9.17, 15) is 13.2 Å². The first-order valence-electron chi connectivity index (χ1n) is 10.1. The fourth-order valence-corrected chi connectivity index (χ4v) is 4.76. The number of hydrogen-bond acceptors (Lipinski definition) is 5. The van der Waals surface area contributed by atoms with E-state index in [1.165, 1.54) is 9.71 Å². The predicted octanol–water partition coefficient (Wildman–Crippen LogP) is 3.03. The van der Waals surface area contributed by atoms with Gasteiger partial charge in [0.15, 0.2) is 0 Å². The lowest BCUT2D eigenvalue weighted by molar-refractivity contribution is -0.126. The molecule has 2 aromatic rings. The average Bonchev–Trinajstić information content (AvgIpc) is 2.81. The molecule has 1 aliphatic heterocycles. The van der Waals surface area contributed by atoms with E-state index >= 15 is 0 Å². The number of nitrogens with one attached hydrogen (secondary N) is 1. The fraction of sp³-hybridized carbons (Fsp3) is 0.348. The van der Waals surface area contributed by atoms with E-state index in [2.05, 4.69) is 5.32 Å². The van der Waals surface area contributed by atoms with Crippen molar-refractivity contribution in [3.8, 4) is 11.5 Å². The zero-order chi connectivity index (χ0) is 22.3. The molecule has 0 spiro atoms. The second-order valence-electron chi connectivity index (χ2n) is 7.33. The van der Waals surface area contributed by atoms with E-state index < -0.39 is 10.0 Å². The molecule has 0 bridgehead atoms. The number of ether oxygens (including phenoxy) is 2. The Bertz CT molecular complexity index is 1010. The normalized spacial score (nSPS) is 15.7. The Balaban J connectivity index is 1.53. The summed E-state index contributed by atoms with van der Waals surface area (Å²) in [5.74, 6) is 1.06. The lowest BCUT2D eigenvalue weighted by Gasteiger charge is -2.29. The highest BCUT2D eigenvalue weighted by atomic mass is 32.2. The van der Waals surface area contributed by atoms with Crippen LogP contribution in [0.3, 0.4) is 0 Å². The Labute approximate surface area is 183 Å². The Morgan fingerprint density at radius 1 is 1.10 bits per heavy atom. The number of carbonyl (C=O) groups is 1. The van der Waals surface area contributed by atoms with Crippen molar-refractivity contribution in [3.05, 3.63) is 65.1 Å². The zero-order valence-electron chi connectivity index (χ0n) is 17.8. The minimum atomic E-state index is -3.51. The molecule has 7 nitrogen and oxygen atoms in total. The third-order valence-corrected chi connectivity index (χ3v) is 6.92. The number of carbonyl (C=O) groups excluding carboxylic acids is 1. The second kappa shape index (κ2) is 10.5. The topological polar surface area (TPSA) is 84.9 Å². The number of methoxy groups -OCH3 is 2. The van der Waals surface area contributed by atoms with E-state index in [-0.39, 0.29) is 11.8 Å². The van der Waals surface area contributed by atoms with Gasteiger partial charge in [0.05, 0.1) is 14.2 Å². The van der Waals surface area contributed by atoms with Crippen molar-refractivity contribution >= 4 is 22.0 Å². The van der Waals surface area contributed by atoms with Crippen LogP contribution in [-0.4, -0.2) is 45.9 Å². The molecule has 1 aliphatic rings. The molecule has 0 saturated carbocycles. The van der Waals surface area contributed by atoms with Crippen LogP contribution in [0.25, 0.3) is 6.08 Å². The van der Waals surface area contributed by atoms with Gasteiger partial charge in [-0.3, -0.25) is 4.79 Å². The van der Waals surface area contributed by atoms with Gasteiger partial charge in [0.25, 0.3) is 0 Å². The van der Waals surface area contributed by atoms with Crippen LogP contribution in [-0.2, 0) is 21.4 Å². The quantitative estimate of drug-likeness (QED) is 0.677. The maximum absolute atomic E-state index is 12.6. The number of rotatable bonds is 8. The third-order valence-electron chi connectivity index (χ3n) is 5.36. The Morgan fingerprint density at radius 3 is 2.45 bits per heavy atom. The van der Waals surface area contributed by atoms with Gasteiger partial charge in [0, 0.05) is 36.5 Å². The van der Waals surface area contributed by atoms with Gasteiger partial charge in [-0.25, -0.2) is 8.42 Å². The van der Waals surface area contributed by atoms with Crippen LogP contribution in [0.15, 0.2) is 53.9 Å². The summed E-state index contributed by atoms with van der Waals surface area (Å²) in [7, 11) is -0.349. The van der Waals surface area contributed by atoms with E-state index in [4.69, 9.17) is 9.47 Å². The summed E-state index contributed by atoms with van der Waals surface area (Å²) < 4.78 is 37.2. The summed E-state index contributed by atoms with van der Waals surface area (Å²) in [6.07, 6.45) is 2.56. The van der Waals surface area contributed by atoms with E-state index in [0.717, 1.165) is 11.1 Å². The Hall–Kier alpha value is -2.84. The van der Waals surface area contributed by atoms with Crippen LogP contribution < -0.4 is 14.8 Å². The summed E-state index contributed by atoms with van der Waals surface area (Å²) in [5.41, 5.74) is 1.65. The van der Waals surface area contributed by atoms with E-state index in [0.29, 0.717) is 44.0 Å². The van der Waals surface area contributed by atoms with Crippen LogP contribution in [0.5, 0.6) is 11.5 Å². The number of hydrogen-bond donors (Lipinski definition) is 1. The van der Waals surface area contributed by atoms with Gasteiger partial charge < -0.3 is 14.8 Å². The lowest BCUT2D eigenvalue weighted by Crippen LogP contribution is -2.42. The number of benzene rings is 2. The zero-order valence-corrected chi connectivity index (χ0v) is 18.6. The fourth-order valence-electron chi connectivity index (χ4n) is 3.53. The van der Waals surface area contributed by atoms with Crippen molar-refractivity contribution in [3.63, 3.8) is 0 Å². The molecule has 31 heavy (non-hydrogen) atoms. The van der Waals surface area contributed by atoms with Crippen molar-refractivity contribution < 1.29 is 22.7 Å². The first-order chi connectivity index (χ1) is 14.9. The van der Waals surface area contributed by atoms with Gasteiger partial charge in [-0.05, 0) is 42.7 Å². The van der Waals surface area contributed by atoms with E-state index in [1.807, 2.05) is 36.4 Å². The highest BCUT2D eigenvalue weighted by Gasteiger charge is 2.29. The minimum Gasteiger partial charge on any atom is -0.497 e. The highest BCUT2D eigenvalue weighted by molar-refractivity contribution is 7.92. The van der Waals surface area contributed by atoms with Crippen molar-refractivity contribution in [2.75, 3.05) is 27.3 Å². The number of nitrogens with zero attached hydrogens (tertiary/aromatic N) is 1. The number of piperidine rings is 1. The second-order valence-corrected chi connectivity index (χ2v) is 9.15. The SMILES string of the molecule is COc1ccc(OC)c(CNC(=O)C2CCN(S(=O)(=O)/C=C/c3ccccc3)CC2)c1. The van der Waals surface area contributed by atoms with E-state index in [1.54, 1.807) is 32.4 Å². The molecule has 1 heterocycles. The summed E-state index contributed by atoms with van der Waals surface area (Å²) in [6.45, 7) is 0.960. The molecule has 1 N–H and O–H groups in total. The Kier molecular flexibility index (Phi) is 7.70. The Morgan fingerprint density at radius 2 is 1.81 bits per heavy atom. The first kappa shape index (κ1) is 22.8. The molecule has 8 heteroatoms. The molecule has 3 rings (SSSR count). The number of amides is 1. The van der Waals surface area contributed by atoms with Gasteiger partial charge in [-0.1, -0.05) is 30.3 Å². The van der Waals surface area contributed by atoms with Crippen molar-refractivity contribution in [1.29, 1.82) is 0 Å². The standard InChI is InChI=1S/C23H28N2O5S/c1-29-21-8-9-22(30-2)20(16-21)17-24-23(26)19-10-13-25(14-11-19)31(27,28)15-12-18-6-4-3-5-7-18/h3-9,12,15-16,19H,10-11,13-14,17H2,1-2H3,(H,24,26)/b15-12+. The van der Waals surface area contributed by atoms with Crippen molar-refractivity contribution in [2.24, 2.45) is 5.92 Å². The molecular weight excluding hydrogens is 416 g/mol. The molecule has 1 amide bonds. The van der Waals surface area contributed by atoms with Crippen LogP contribution >= 0.6 is 0 Å². The van der Waals surface area contributed by atoms with Crippen LogP contribution in [0.4, 0.5) is 0 Å². The predicted molar refractivity (Wildman–Crippen MR) is 120 cm³/mol. The van der Waals surface area contributed by atoms with Gasteiger partial charge >= 0.3 is 0 Å². The first-order valence-corrected chi connectivity index (χ1v) is 11.6. The third kappa shape index (κ3) is 6.08. The summed E-state index contributed by atoms with van der Waals surface area (Å²) >= 11 is 0. The van der Waals surface area contributed by atoms with Crippen LogP contribution in [0.2, 0.25) is 0 Å². The molecule has 0 aromatic heterocycles. The maximum Gasteiger partial charge on any atom is 0.236 e. The largest absolute Gasteiger partial charge is 0.497 e. The average molecular weight is 445 g/mol. The molecule has 1 saturated heterocycles. The van der Waals surface area contributed by atoms with Gasteiger partial charge in [-0.15, -0.1) is 0 Å². The minimum absolute atomic E-state index is 0.0817. The smallest absolute Gasteiger partial charge is 0.236 e. The molecular formula is C23H28N2O5S. The van der Waals surface area contributed by atoms with Crippen molar-refractivity contribution in [2.45, 2.75) is 19.4 Å². The number of sulfonamides is 1. The van der Waals surface area contributed by atoms with Crippen LogP contribution in [0, 0.1) is 5.92 Å². The molecule has 1 fully saturated rings. The molecule has 0 atom stereocenters. The molecule has 0 radical (unpaired) electrons. The van der Waals surface area contributed by atoms with Crippen LogP contribution in [0.1, 0.15) is 24.0 Å². The van der Waals surface area contributed by atoms with Gasteiger partial charge in [0.2, 0.25) is 15.9 Å². The summed E-state index contributed by atoms with van der Waals surface area (Å²) in [4.78, 5) is 12.6. The summed E-state index contributed by atoms with van der Waals surface area (Å²) in [6, 6.07) is 14.7. The highest BCUT2D eigenvalue weighted by Crippen LogP contribution is 2.25. The molecule has 0 aliphatic carbocycles. The maximum atomic E-state index is 12.6. The molecule has 166 valence electrons. The van der Waals surface area contributed by atoms with Crippen molar-refractivity contribution in [1.82, 2.24) is 9.62 Å².